The van der Waals surface area contributed by atoms with Crippen molar-refractivity contribution in [1.82, 2.24) is 5.32 Å². The maximum absolute atomic E-state index is 11.8. The van der Waals surface area contributed by atoms with Gasteiger partial charge >= 0.3 is 0 Å². The zero-order valence-electron chi connectivity index (χ0n) is 12.9. The molecule has 0 spiro atoms. The Morgan fingerprint density at radius 1 is 1.38 bits per heavy atom. The van der Waals surface area contributed by atoms with Crippen LogP contribution in [0.25, 0.3) is 0 Å². The monoisotopic (exact) mass is 306 g/mol. The van der Waals surface area contributed by atoms with Gasteiger partial charge in [0.05, 0.1) is 10.9 Å². The van der Waals surface area contributed by atoms with Crippen LogP contribution in [-0.4, -0.2) is 17.1 Å². The van der Waals surface area contributed by atoms with E-state index in [1.165, 1.54) is 0 Å². The topological polar surface area (TPSA) is 58.2 Å². The molecule has 2 amide bonds. The number of benzene rings is 1. The first-order valence-corrected chi connectivity index (χ1v) is 8.00. The number of thioether (sulfide) groups is 1. The lowest BCUT2D eigenvalue weighted by Crippen LogP contribution is -2.28. The maximum atomic E-state index is 11.8. The van der Waals surface area contributed by atoms with E-state index in [1.54, 1.807) is 11.8 Å². The van der Waals surface area contributed by atoms with Gasteiger partial charge in [-0.25, -0.2) is 0 Å². The van der Waals surface area contributed by atoms with Crippen molar-refractivity contribution >= 4 is 29.3 Å². The predicted molar refractivity (Wildman–Crippen MR) is 86.3 cm³/mol. The fourth-order valence-electron chi connectivity index (χ4n) is 2.11. The van der Waals surface area contributed by atoms with Gasteiger partial charge in [0.15, 0.2) is 0 Å². The number of hydrogen-bond donors (Lipinski definition) is 2. The molecule has 2 rings (SSSR count). The molecule has 0 bridgehead atoms. The van der Waals surface area contributed by atoms with Crippen LogP contribution in [0.1, 0.15) is 39.7 Å². The van der Waals surface area contributed by atoms with Crippen LogP contribution in [0.4, 0.5) is 5.69 Å². The van der Waals surface area contributed by atoms with Crippen molar-refractivity contribution in [3.8, 4) is 0 Å². The lowest BCUT2D eigenvalue weighted by atomic mass is 9.92. The first kappa shape index (κ1) is 15.9. The van der Waals surface area contributed by atoms with E-state index < -0.39 is 0 Å². The quantitative estimate of drug-likeness (QED) is 0.902. The van der Waals surface area contributed by atoms with E-state index in [4.69, 9.17) is 0 Å². The Hall–Kier alpha value is -1.49. The minimum absolute atomic E-state index is 0.0132. The Morgan fingerprint density at radius 2 is 2.10 bits per heavy atom. The minimum atomic E-state index is -0.0603. The number of amides is 2. The van der Waals surface area contributed by atoms with Gasteiger partial charge in [-0.15, -0.1) is 11.8 Å². The second-order valence-electron chi connectivity index (χ2n) is 6.59. The van der Waals surface area contributed by atoms with Crippen LogP contribution in [0, 0.1) is 5.41 Å². The van der Waals surface area contributed by atoms with Crippen molar-refractivity contribution < 1.29 is 9.59 Å². The Kier molecular flexibility index (Phi) is 4.61. The number of hydrogen-bond acceptors (Lipinski definition) is 3. The molecule has 0 radical (unpaired) electrons. The molecule has 1 unspecified atom stereocenters. The van der Waals surface area contributed by atoms with Crippen LogP contribution in [0.15, 0.2) is 23.1 Å². The molecule has 2 N–H and O–H groups in total. The van der Waals surface area contributed by atoms with E-state index in [0.29, 0.717) is 13.0 Å². The zero-order chi connectivity index (χ0) is 15.6. The molecule has 0 saturated heterocycles. The Balaban J connectivity index is 1.98. The van der Waals surface area contributed by atoms with E-state index in [1.807, 2.05) is 45.9 Å². The number of nitrogens with one attached hydrogen (secondary N) is 2. The van der Waals surface area contributed by atoms with Crippen LogP contribution < -0.4 is 10.6 Å². The second-order valence-corrected chi connectivity index (χ2v) is 7.98. The molecule has 1 aromatic carbocycles. The second kappa shape index (κ2) is 6.10. The number of carbonyl (C=O) groups excluding carboxylic acids is 2. The van der Waals surface area contributed by atoms with Crippen LogP contribution >= 0.6 is 11.8 Å². The summed E-state index contributed by atoms with van der Waals surface area (Å²) in [6.07, 6.45) is 0.502. The molecule has 4 nitrogen and oxygen atoms in total. The molecule has 0 saturated carbocycles. The van der Waals surface area contributed by atoms with E-state index in [2.05, 4.69) is 10.6 Å². The smallest absolute Gasteiger partial charge is 0.237 e. The Bertz CT molecular complexity index is 564. The summed E-state index contributed by atoms with van der Waals surface area (Å²) in [7, 11) is 0. The summed E-state index contributed by atoms with van der Waals surface area (Å²) < 4.78 is 0. The molecule has 1 aromatic rings. The summed E-state index contributed by atoms with van der Waals surface area (Å²) in [6, 6.07) is 5.93. The van der Waals surface area contributed by atoms with E-state index in [0.717, 1.165) is 16.1 Å². The van der Waals surface area contributed by atoms with Gasteiger partial charge in [-0.05, 0) is 30.0 Å². The van der Waals surface area contributed by atoms with Crippen molar-refractivity contribution in [2.75, 3.05) is 5.32 Å². The zero-order valence-corrected chi connectivity index (χ0v) is 13.8. The number of anilines is 1. The highest BCUT2D eigenvalue weighted by atomic mass is 32.2. The lowest BCUT2D eigenvalue weighted by molar-refractivity contribution is -0.123. The van der Waals surface area contributed by atoms with Gasteiger partial charge < -0.3 is 10.6 Å². The summed E-state index contributed by atoms with van der Waals surface area (Å²) in [4.78, 5) is 24.6. The van der Waals surface area contributed by atoms with Gasteiger partial charge in [0.1, 0.15) is 0 Å². The van der Waals surface area contributed by atoms with Crippen molar-refractivity contribution in [2.45, 2.75) is 50.8 Å². The van der Waals surface area contributed by atoms with Crippen molar-refractivity contribution in [3.63, 3.8) is 0 Å². The standard InChI is InChI=1S/C16H22N2O2S/c1-10-15(20)18-12-7-11(5-6-13(12)21-10)9-17-14(19)8-16(2,3)4/h5-7,10H,8-9H2,1-4H3,(H,17,19)(H,18,20). The third kappa shape index (κ3) is 4.49. The first-order chi connectivity index (χ1) is 9.74. The largest absolute Gasteiger partial charge is 0.352 e. The summed E-state index contributed by atoms with van der Waals surface area (Å²) in [5, 5.41) is 5.77. The number of fused-ring (bicyclic) bond motifs is 1. The third-order valence-electron chi connectivity index (χ3n) is 3.16. The fourth-order valence-corrected chi connectivity index (χ4v) is 3.04. The van der Waals surface area contributed by atoms with Crippen molar-refractivity contribution in [1.29, 1.82) is 0 Å². The average Bonchev–Trinajstić information content (AvgIpc) is 2.36. The molecular weight excluding hydrogens is 284 g/mol. The van der Waals surface area contributed by atoms with Gasteiger partial charge in [-0.3, -0.25) is 9.59 Å². The number of rotatable bonds is 3. The van der Waals surface area contributed by atoms with Crippen LogP contribution in [0.2, 0.25) is 0 Å². The molecule has 1 aliphatic rings. The molecule has 0 aromatic heterocycles. The van der Waals surface area contributed by atoms with Crippen molar-refractivity contribution in [3.05, 3.63) is 23.8 Å². The van der Waals surface area contributed by atoms with Gasteiger partial charge in [-0.1, -0.05) is 26.8 Å². The molecule has 0 fully saturated rings. The van der Waals surface area contributed by atoms with Crippen LogP contribution in [0.3, 0.4) is 0 Å². The van der Waals surface area contributed by atoms with Crippen LogP contribution in [-0.2, 0) is 16.1 Å². The third-order valence-corrected chi connectivity index (χ3v) is 4.33. The minimum Gasteiger partial charge on any atom is -0.352 e. The molecule has 21 heavy (non-hydrogen) atoms. The summed E-state index contributed by atoms with van der Waals surface area (Å²) in [5.41, 5.74) is 1.82. The fraction of sp³-hybridized carbons (Fsp3) is 0.500. The maximum Gasteiger partial charge on any atom is 0.237 e. The van der Waals surface area contributed by atoms with Gasteiger partial charge in [0.2, 0.25) is 11.8 Å². The van der Waals surface area contributed by atoms with Gasteiger partial charge in [-0.2, -0.15) is 0 Å². The summed E-state index contributed by atoms with van der Waals surface area (Å²) >= 11 is 1.56. The molecule has 1 heterocycles. The molecule has 5 heteroatoms. The lowest BCUT2D eigenvalue weighted by Gasteiger charge is -2.22. The van der Waals surface area contributed by atoms with Crippen LogP contribution in [0.5, 0.6) is 0 Å². The average molecular weight is 306 g/mol. The molecule has 1 atom stereocenters. The normalized spacial score (nSPS) is 17.9. The van der Waals surface area contributed by atoms with E-state index >= 15 is 0 Å². The molecular formula is C16H22N2O2S. The van der Waals surface area contributed by atoms with Crippen molar-refractivity contribution in [2.24, 2.45) is 5.41 Å². The molecule has 1 aliphatic heterocycles. The Morgan fingerprint density at radius 3 is 2.76 bits per heavy atom. The van der Waals surface area contributed by atoms with Gasteiger partial charge in [0.25, 0.3) is 0 Å². The van der Waals surface area contributed by atoms with Gasteiger partial charge in [0, 0.05) is 17.9 Å². The first-order valence-electron chi connectivity index (χ1n) is 7.12. The highest BCUT2D eigenvalue weighted by Crippen LogP contribution is 2.35. The summed E-state index contributed by atoms with van der Waals surface area (Å²) in [5.74, 6) is 0.0775. The molecule has 114 valence electrons. The summed E-state index contributed by atoms with van der Waals surface area (Å²) in [6.45, 7) is 8.50. The van der Waals surface area contributed by atoms with E-state index in [-0.39, 0.29) is 22.5 Å². The Labute approximate surface area is 130 Å². The highest BCUT2D eigenvalue weighted by molar-refractivity contribution is 8.00. The highest BCUT2D eigenvalue weighted by Gasteiger charge is 2.23. The molecule has 0 aliphatic carbocycles. The predicted octanol–water partition coefficient (Wildman–Crippen LogP) is 3.17. The SMILES string of the molecule is CC1Sc2ccc(CNC(=O)CC(C)(C)C)cc2NC1=O. The number of carbonyl (C=O) groups is 2. The van der Waals surface area contributed by atoms with E-state index in [9.17, 15) is 9.59 Å².